The topological polar surface area (TPSA) is 13.1 Å². The van der Waals surface area contributed by atoms with Crippen molar-refractivity contribution in [2.24, 2.45) is 11.3 Å². The first-order valence-electron chi connectivity index (χ1n) is 5.59. The minimum absolute atomic E-state index is 0.500. The monoisotopic (exact) mass is 192 g/mol. The summed E-state index contributed by atoms with van der Waals surface area (Å²) in [5.41, 5.74) is 1.89. The third-order valence-electron chi connectivity index (χ3n) is 3.40. The fourth-order valence-corrected chi connectivity index (χ4v) is 3.11. The lowest BCUT2D eigenvalue weighted by Crippen LogP contribution is -2.26. The Balaban J connectivity index is 2.14. The molecule has 1 aliphatic rings. The molecule has 1 aliphatic carbocycles. The second-order valence-electron chi connectivity index (χ2n) is 5.67. The van der Waals surface area contributed by atoms with Crippen LogP contribution in [0.4, 0.5) is 0 Å². The van der Waals surface area contributed by atoms with Crippen molar-refractivity contribution >= 4 is 0 Å². The zero-order valence-corrected chi connectivity index (χ0v) is 9.42. The molecule has 0 N–H and O–H groups in total. The lowest BCUT2D eigenvalue weighted by molar-refractivity contribution is 0.168. The Bertz CT molecular complexity index is 284. The fraction of sp³-hybridized carbons (Fsp3) is 0.692. The van der Waals surface area contributed by atoms with Crippen molar-refractivity contribution in [3.63, 3.8) is 0 Å². The van der Waals surface area contributed by atoms with Crippen LogP contribution < -0.4 is 0 Å². The highest BCUT2D eigenvalue weighted by Gasteiger charge is 2.32. The van der Waals surface area contributed by atoms with Crippen LogP contribution >= 0.6 is 0 Å². The molecule has 0 saturated heterocycles. The van der Waals surface area contributed by atoms with Gasteiger partial charge in [-0.1, -0.05) is 20.8 Å². The van der Waals surface area contributed by atoms with Crippen LogP contribution in [0.1, 0.15) is 51.5 Å². The maximum atomic E-state index is 5.17. The average Bonchev–Trinajstić information content (AvgIpc) is 2.51. The summed E-state index contributed by atoms with van der Waals surface area (Å²) in [7, 11) is 0. The van der Waals surface area contributed by atoms with Crippen LogP contribution in [0.25, 0.3) is 0 Å². The molecule has 78 valence electrons. The smallest absolute Gasteiger partial charge is 0.0937 e. The second-order valence-corrected chi connectivity index (χ2v) is 5.67. The number of hydrogen-bond acceptors (Lipinski definition) is 1. The van der Waals surface area contributed by atoms with Crippen LogP contribution in [0.5, 0.6) is 0 Å². The molecule has 0 bridgehead atoms. The van der Waals surface area contributed by atoms with Gasteiger partial charge < -0.3 is 4.42 Å². The van der Waals surface area contributed by atoms with E-state index >= 15 is 0 Å². The zero-order valence-electron chi connectivity index (χ0n) is 9.42. The van der Waals surface area contributed by atoms with E-state index in [4.69, 9.17) is 4.42 Å². The van der Waals surface area contributed by atoms with E-state index < -0.39 is 0 Å². The van der Waals surface area contributed by atoms with Gasteiger partial charge in [-0.25, -0.2) is 0 Å². The highest BCUT2D eigenvalue weighted by molar-refractivity contribution is 5.14. The van der Waals surface area contributed by atoms with Gasteiger partial charge in [-0.2, -0.15) is 0 Å². The van der Waals surface area contributed by atoms with Gasteiger partial charge in [0.25, 0.3) is 0 Å². The van der Waals surface area contributed by atoms with Crippen LogP contribution in [0, 0.1) is 11.3 Å². The summed E-state index contributed by atoms with van der Waals surface area (Å²) in [5.74, 6) is 1.56. The standard InChI is InChI=1S/C13H20O/c1-10-6-12(8-13(2,3)7-10)11-4-5-14-9-11/h4-5,9-10,12H,6-8H2,1-3H3/t10-,12-/m1/s1. The normalized spacial score (nSPS) is 31.6. The maximum absolute atomic E-state index is 5.17. The number of hydrogen-bond donors (Lipinski definition) is 0. The average molecular weight is 192 g/mol. The summed E-state index contributed by atoms with van der Waals surface area (Å²) >= 11 is 0. The van der Waals surface area contributed by atoms with Crippen molar-refractivity contribution < 1.29 is 4.42 Å². The van der Waals surface area contributed by atoms with Crippen molar-refractivity contribution in [2.45, 2.75) is 46.0 Å². The van der Waals surface area contributed by atoms with Gasteiger partial charge in [0.1, 0.15) is 0 Å². The van der Waals surface area contributed by atoms with Crippen LogP contribution in [-0.4, -0.2) is 0 Å². The van der Waals surface area contributed by atoms with E-state index in [1.807, 2.05) is 6.26 Å². The Morgan fingerprint density at radius 1 is 1.36 bits per heavy atom. The Morgan fingerprint density at radius 3 is 2.71 bits per heavy atom. The minimum Gasteiger partial charge on any atom is -0.472 e. The van der Waals surface area contributed by atoms with Crippen molar-refractivity contribution in [1.29, 1.82) is 0 Å². The van der Waals surface area contributed by atoms with E-state index in [-0.39, 0.29) is 0 Å². The quantitative estimate of drug-likeness (QED) is 0.649. The molecular formula is C13H20O. The van der Waals surface area contributed by atoms with Gasteiger partial charge in [0.2, 0.25) is 0 Å². The highest BCUT2D eigenvalue weighted by Crippen LogP contribution is 2.45. The molecule has 1 heteroatoms. The summed E-state index contributed by atoms with van der Waals surface area (Å²) in [6, 6.07) is 2.12. The highest BCUT2D eigenvalue weighted by atomic mass is 16.3. The summed E-state index contributed by atoms with van der Waals surface area (Å²) in [5, 5.41) is 0. The van der Waals surface area contributed by atoms with Gasteiger partial charge in [-0.15, -0.1) is 0 Å². The first kappa shape index (κ1) is 9.82. The Kier molecular flexibility index (Phi) is 2.42. The van der Waals surface area contributed by atoms with Crippen LogP contribution in [-0.2, 0) is 0 Å². The molecule has 1 nitrogen and oxygen atoms in total. The van der Waals surface area contributed by atoms with Gasteiger partial charge >= 0.3 is 0 Å². The van der Waals surface area contributed by atoms with Crippen molar-refractivity contribution in [3.8, 4) is 0 Å². The van der Waals surface area contributed by atoms with Crippen molar-refractivity contribution in [2.75, 3.05) is 0 Å². The molecule has 14 heavy (non-hydrogen) atoms. The molecule has 1 aromatic rings. The zero-order chi connectivity index (χ0) is 10.2. The summed E-state index contributed by atoms with van der Waals surface area (Å²) in [6.45, 7) is 7.14. The van der Waals surface area contributed by atoms with Crippen molar-refractivity contribution in [3.05, 3.63) is 24.2 Å². The molecule has 1 fully saturated rings. The molecule has 0 amide bonds. The molecular weight excluding hydrogens is 172 g/mol. The molecule has 0 radical (unpaired) electrons. The van der Waals surface area contributed by atoms with Gasteiger partial charge in [0.05, 0.1) is 12.5 Å². The molecule has 1 aromatic heterocycles. The van der Waals surface area contributed by atoms with E-state index in [0.717, 1.165) is 5.92 Å². The third-order valence-corrected chi connectivity index (χ3v) is 3.40. The maximum Gasteiger partial charge on any atom is 0.0937 e. The predicted molar refractivity (Wildman–Crippen MR) is 58.2 cm³/mol. The largest absolute Gasteiger partial charge is 0.472 e. The molecule has 2 atom stereocenters. The molecule has 2 rings (SSSR count). The predicted octanol–water partition coefficient (Wildman–Crippen LogP) is 4.21. The van der Waals surface area contributed by atoms with Gasteiger partial charge in [-0.3, -0.25) is 0 Å². The molecule has 1 heterocycles. The summed E-state index contributed by atoms with van der Waals surface area (Å²) in [6.07, 6.45) is 7.70. The Hall–Kier alpha value is -0.720. The molecule has 0 aromatic carbocycles. The van der Waals surface area contributed by atoms with Gasteiger partial charge in [0.15, 0.2) is 0 Å². The van der Waals surface area contributed by atoms with E-state index in [2.05, 4.69) is 26.8 Å². The van der Waals surface area contributed by atoms with Gasteiger partial charge in [-0.05, 0) is 48.1 Å². The van der Waals surface area contributed by atoms with E-state index in [9.17, 15) is 0 Å². The SMILES string of the molecule is C[C@@H]1C[C@@H](c2ccoc2)CC(C)(C)C1. The van der Waals surface area contributed by atoms with Gasteiger partial charge in [0, 0.05) is 0 Å². The minimum atomic E-state index is 0.500. The van der Waals surface area contributed by atoms with Crippen LogP contribution in [0.3, 0.4) is 0 Å². The Morgan fingerprint density at radius 2 is 2.14 bits per heavy atom. The van der Waals surface area contributed by atoms with E-state index in [1.165, 1.54) is 24.8 Å². The lowest BCUT2D eigenvalue weighted by Gasteiger charge is -2.38. The lowest BCUT2D eigenvalue weighted by atomic mass is 9.67. The third kappa shape index (κ3) is 2.02. The van der Waals surface area contributed by atoms with Crippen LogP contribution in [0.2, 0.25) is 0 Å². The Labute approximate surface area is 86.5 Å². The van der Waals surface area contributed by atoms with E-state index in [0.29, 0.717) is 11.3 Å². The van der Waals surface area contributed by atoms with E-state index in [1.54, 1.807) is 6.26 Å². The summed E-state index contributed by atoms with van der Waals surface area (Å²) in [4.78, 5) is 0. The van der Waals surface area contributed by atoms with Crippen molar-refractivity contribution in [1.82, 2.24) is 0 Å². The first-order chi connectivity index (χ1) is 6.57. The number of rotatable bonds is 1. The molecule has 0 unspecified atom stereocenters. The molecule has 1 saturated carbocycles. The molecule has 0 aliphatic heterocycles. The first-order valence-corrected chi connectivity index (χ1v) is 5.59. The summed E-state index contributed by atoms with van der Waals surface area (Å²) < 4.78 is 5.17. The van der Waals surface area contributed by atoms with Crippen LogP contribution in [0.15, 0.2) is 23.0 Å². The second kappa shape index (κ2) is 3.45. The number of furan rings is 1. The molecule has 0 spiro atoms. The fourth-order valence-electron chi connectivity index (χ4n) is 3.11.